The summed E-state index contributed by atoms with van der Waals surface area (Å²) in [5, 5.41) is 2.89. The van der Waals surface area contributed by atoms with Gasteiger partial charge in [0.25, 0.3) is 0 Å². The third-order valence-corrected chi connectivity index (χ3v) is 2.93. The Morgan fingerprint density at radius 2 is 2.17 bits per heavy atom. The zero-order valence-electron chi connectivity index (χ0n) is 9.90. The van der Waals surface area contributed by atoms with E-state index in [4.69, 9.17) is 0 Å². The van der Waals surface area contributed by atoms with Gasteiger partial charge < -0.3 is 15.0 Å². The van der Waals surface area contributed by atoms with Gasteiger partial charge >= 0.3 is 6.61 Å². The van der Waals surface area contributed by atoms with Gasteiger partial charge in [-0.1, -0.05) is 12.1 Å². The van der Waals surface area contributed by atoms with Crippen molar-refractivity contribution in [2.75, 3.05) is 18.5 Å². The van der Waals surface area contributed by atoms with E-state index in [0.29, 0.717) is 18.7 Å². The number of nitrogens with one attached hydrogen (secondary N) is 1. The number of carbonyl (C=O) groups excluding carboxylic acids is 1. The van der Waals surface area contributed by atoms with E-state index in [1.807, 2.05) is 0 Å². The van der Waals surface area contributed by atoms with Gasteiger partial charge in [-0.2, -0.15) is 8.78 Å². The Bertz CT molecular complexity index is 440. The number of amides is 1. The molecule has 0 radical (unpaired) electrons. The summed E-state index contributed by atoms with van der Waals surface area (Å²) in [5.74, 6) is -0.0968. The van der Waals surface area contributed by atoms with Crippen LogP contribution in [0, 0.1) is 0 Å². The number of nitrogens with zero attached hydrogens (tertiary/aromatic N) is 1. The number of para-hydroxylation sites is 2. The molecule has 1 heterocycles. The smallest absolute Gasteiger partial charge is 0.387 e. The molecule has 1 unspecified atom stereocenters. The Morgan fingerprint density at radius 3 is 2.78 bits per heavy atom. The topological polar surface area (TPSA) is 41.6 Å². The van der Waals surface area contributed by atoms with Crippen LogP contribution in [0.4, 0.5) is 14.5 Å². The maximum absolute atomic E-state index is 12.3. The van der Waals surface area contributed by atoms with Crippen LogP contribution in [-0.2, 0) is 4.79 Å². The second kappa shape index (κ2) is 5.30. The van der Waals surface area contributed by atoms with E-state index in [2.05, 4.69) is 10.1 Å². The summed E-state index contributed by atoms with van der Waals surface area (Å²) >= 11 is 0. The van der Waals surface area contributed by atoms with E-state index in [-0.39, 0.29) is 17.7 Å². The van der Waals surface area contributed by atoms with Crippen molar-refractivity contribution >= 4 is 11.6 Å². The lowest BCUT2D eigenvalue weighted by Gasteiger charge is -2.20. The molecule has 18 heavy (non-hydrogen) atoms. The molecule has 4 nitrogen and oxygen atoms in total. The molecule has 98 valence electrons. The van der Waals surface area contributed by atoms with Crippen molar-refractivity contribution in [3.8, 4) is 5.75 Å². The second-order valence-corrected chi connectivity index (χ2v) is 3.97. The summed E-state index contributed by atoms with van der Waals surface area (Å²) in [6, 6.07) is 6.06. The summed E-state index contributed by atoms with van der Waals surface area (Å²) in [6.45, 7) is -2.41. The molecule has 1 aromatic rings. The van der Waals surface area contributed by atoms with E-state index in [1.165, 1.54) is 11.0 Å². The van der Waals surface area contributed by atoms with Crippen molar-refractivity contribution in [1.29, 1.82) is 0 Å². The molecule has 1 aliphatic heterocycles. The van der Waals surface area contributed by atoms with Crippen molar-refractivity contribution < 1.29 is 18.3 Å². The number of hydrogen-bond acceptors (Lipinski definition) is 3. The number of carbonyl (C=O) groups is 1. The summed E-state index contributed by atoms with van der Waals surface area (Å²) in [4.78, 5) is 13.5. The van der Waals surface area contributed by atoms with Crippen LogP contribution in [0.5, 0.6) is 5.75 Å². The van der Waals surface area contributed by atoms with Crippen LogP contribution in [0.15, 0.2) is 24.3 Å². The van der Waals surface area contributed by atoms with Crippen LogP contribution in [0.25, 0.3) is 0 Å². The fraction of sp³-hybridized carbons (Fsp3) is 0.417. The standard InChI is InChI=1S/C12H14F2N2O2/c1-15-8-6-7-16(11(8)17)9-4-2-3-5-10(9)18-12(13)14/h2-5,8,12,15H,6-7H2,1H3. The molecule has 1 N–H and O–H groups in total. The number of halogens is 2. The number of hydrogen-bond donors (Lipinski definition) is 1. The summed E-state index contributed by atoms with van der Waals surface area (Å²) in [6.07, 6.45) is 0.651. The van der Waals surface area contributed by atoms with E-state index in [1.54, 1.807) is 25.2 Å². The third-order valence-electron chi connectivity index (χ3n) is 2.93. The summed E-state index contributed by atoms with van der Waals surface area (Å²) < 4.78 is 29.0. The first kappa shape index (κ1) is 12.8. The van der Waals surface area contributed by atoms with Crippen molar-refractivity contribution in [2.24, 2.45) is 0 Å². The first-order chi connectivity index (χ1) is 8.63. The van der Waals surface area contributed by atoms with E-state index >= 15 is 0 Å². The zero-order chi connectivity index (χ0) is 13.1. The Hall–Kier alpha value is -1.69. The average Bonchev–Trinajstić information content (AvgIpc) is 2.70. The Labute approximate surface area is 104 Å². The maximum Gasteiger partial charge on any atom is 0.387 e. The minimum Gasteiger partial charge on any atom is -0.433 e. The highest BCUT2D eigenvalue weighted by molar-refractivity contribution is 6.00. The highest BCUT2D eigenvalue weighted by Crippen LogP contribution is 2.32. The molecule has 0 aromatic heterocycles. The molecule has 1 fully saturated rings. The predicted octanol–water partition coefficient (Wildman–Crippen LogP) is 1.61. The molecule has 1 saturated heterocycles. The molecular formula is C12H14F2N2O2. The van der Waals surface area contributed by atoms with Crippen molar-refractivity contribution in [3.05, 3.63) is 24.3 Å². The van der Waals surface area contributed by atoms with Gasteiger partial charge in [0.1, 0.15) is 5.75 Å². The van der Waals surface area contributed by atoms with Gasteiger partial charge in [-0.15, -0.1) is 0 Å². The first-order valence-electron chi connectivity index (χ1n) is 5.66. The molecule has 1 aliphatic rings. The molecule has 0 bridgehead atoms. The van der Waals surface area contributed by atoms with Crippen LogP contribution in [-0.4, -0.2) is 32.2 Å². The number of rotatable bonds is 4. The lowest BCUT2D eigenvalue weighted by molar-refractivity contribution is -0.118. The summed E-state index contributed by atoms with van der Waals surface area (Å²) in [7, 11) is 1.70. The monoisotopic (exact) mass is 256 g/mol. The maximum atomic E-state index is 12.3. The molecule has 2 rings (SSSR count). The Balaban J connectivity index is 2.26. The van der Waals surface area contributed by atoms with Crippen LogP contribution < -0.4 is 15.0 Å². The SMILES string of the molecule is CNC1CCN(c2ccccc2OC(F)F)C1=O. The van der Waals surface area contributed by atoms with Gasteiger partial charge in [-0.25, -0.2) is 0 Å². The largest absolute Gasteiger partial charge is 0.433 e. The van der Waals surface area contributed by atoms with Gasteiger partial charge in [0.05, 0.1) is 11.7 Å². The molecule has 0 aliphatic carbocycles. The van der Waals surface area contributed by atoms with Gasteiger partial charge in [-0.05, 0) is 25.6 Å². The number of likely N-dealkylation sites (N-methyl/N-ethyl adjacent to an activating group) is 1. The fourth-order valence-corrected chi connectivity index (χ4v) is 2.06. The Kier molecular flexibility index (Phi) is 3.76. The molecule has 6 heteroatoms. The number of benzene rings is 1. The van der Waals surface area contributed by atoms with E-state index in [9.17, 15) is 13.6 Å². The van der Waals surface area contributed by atoms with Crippen molar-refractivity contribution in [1.82, 2.24) is 5.32 Å². The molecule has 0 spiro atoms. The quantitative estimate of drug-likeness (QED) is 0.890. The predicted molar refractivity (Wildman–Crippen MR) is 62.9 cm³/mol. The summed E-state index contributed by atoms with van der Waals surface area (Å²) in [5.41, 5.74) is 0.389. The number of anilines is 1. The van der Waals surface area contributed by atoms with Crippen LogP contribution in [0.1, 0.15) is 6.42 Å². The molecule has 1 aromatic carbocycles. The fourth-order valence-electron chi connectivity index (χ4n) is 2.06. The van der Waals surface area contributed by atoms with E-state index in [0.717, 1.165) is 0 Å². The van der Waals surface area contributed by atoms with Gasteiger partial charge in [0.2, 0.25) is 5.91 Å². The average molecular weight is 256 g/mol. The van der Waals surface area contributed by atoms with Gasteiger partial charge in [0, 0.05) is 6.54 Å². The molecule has 1 amide bonds. The van der Waals surface area contributed by atoms with Gasteiger partial charge in [-0.3, -0.25) is 4.79 Å². The highest BCUT2D eigenvalue weighted by Gasteiger charge is 2.32. The van der Waals surface area contributed by atoms with Gasteiger partial charge in [0.15, 0.2) is 0 Å². The highest BCUT2D eigenvalue weighted by atomic mass is 19.3. The normalized spacial score (nSPS) is 19.7. The minimum absolute atomic E-state index is 0.0256. The Morgan fingerprint density at radius 1 is 1.44 bits per heavy atom. The number of ether oxygens (including phenoxy) is 1. The molecule has 0 saturated carbocycles. The zero-order valence-corrected chi connectivity index (χ0v) is 9.90. The van der Waals surface area contributed by atoms with Crippen LogP contribution in [0.2, 0.25) is 0 Å². The second-order valence-electron chi connectivity index (χ2n) is 3.97. The van der Waals surface area contributed by atoms with E-state index < -0.39 is 6.61 Å². The lowest BCUT2D eigenvalue weighted by Crippen LogP contribution is -2.36. The molecular weight excluding hydrogens is 242 g/mol. The minimum atomic E-state index is -2.90. The van der Waals surface area contributed by atoms with Crippen LogP contribution in [0.3, 0.4) is 0 Å². The first-order valence-corrected chi connectivity index (χ1v) is 5.66. The van der Waals surface area contributed by atoms with Crippen LogP contribution >= 0.6 is 0 Å². The van der Waals surface area contributed by atoms with Crippen molar-refractivity contribution in [2.45, 2.75) is 19.1 Å². The lowest BCUT2D eigenvalue weighted by atomic mass is 10.2. The molecule has 1 atom stereocenters. The number of alkyl halides is 2. The third kappa shape index (κ3) is 2.43. The van der Waals surface area contributed by atoms with Crippen molar-refractivity contribution in [3.63, 3.8) is 0 Å².